The molecule has 0 heterocycles. The Kier molecular flexibility index (Phi) is 9.72. The molecule has 0 aliphatic carbocycles. The van der Waals surface area contributed by atoms with Gasteiger partial charge in [-0.15, -0.1) is 0 Å². The van der Waals surface area contributed by atoms with Crippen molar-refractivity contribution < 1.29 is 9.90 Å². The van der Waals surface area contributed by atoms with E-state index in [9.17, 15) is 0 Å². The molecule has 1 radical (unpaired) electrons. The summed E-state index contributed by atoms with van der Waals surface area (Å²) in [5.41, 5.74) is 1.71. The van der Waals surface area contributed by atoms with Crippen molar-refractivity contribution in [2.75, 3.05) is 5.32 Å². The molecule has 0 spiro atoms. The van der Waals surface area contributed by atoms with Crippen LogP contribution in [0.5, 0.6) is 0 Å². The molecule has 0 unspecified atom stereocenters. The Bertz CT molecular complexity index is 526. The van der Waals surface area contributed by atoms with Gasteiger partial charge in [-0.2, -0.15) is 0 Å². The number of carboxylic acid groups (broad SMARTS) is 1. The zero-order chi connectivity index (χ0) is 14.3. The summed E-state index contributed by atoms with van der Waals surface area (Å²) >= 11 is 12.1. The van der Waals surface area contributed by atoms with Gasteiger partial charge in [0.25, 0.3) is 5.97 Å². The van der Waals surface area contributed by atoms with E-state index in [1.54, 1.807) is 12.1 Å². The zero-order valence-electron chi connectivity index (χ0n) is 11.2. The Labute approximate surface area is 150 Å². The smallest absolute Gasteiger partial charge is 0.300 e. The quantitative estimate of drug-likeness (QED) is 0.804. The van der Waals surface area contributed by atoms with Gasteiger partial charge in [0.2, 0.25) is 0 Å². The molecule has 2 rings (SSSR count). The van der Waals surface area contributed by atoms with E-state index < -0.39 is 5.97 Å². The molecule has 20 heavy (non-hydrogen) atoms. The maximum atomic E-state index is 9.00. The first-order valence-corrected chi connectivity index (χ1v) is 6.22. The van der Waals surface area contributed by atoms with Crippen LogP contribution in [-0.4, -0.2) is 40.6 Å². The number of carboxylic acids is 1. The summed E-state index contributed by atoms with van der Waals surface area (Å²) in [7, 11) is 0. The maximum absolute atomic E-state index is 9.00. The predicted molar refractivity (Wildman–Crippen MR) is 85.3 cm³/mol. The molecule has 6 heteroatoms. The molecule has 0 bridgehead atoms. The molecule has 0 atom stereocenters. The summed E-state index contributed by atoms with van der Waals surface area (Å²) in [5.74, 6) is -0.833. The minimum atomic E-state index is -0.833. The number of hydrogen-bond donors (Lipinski definition) is 2. The SMILES string of the molecule is CC(=O)O.Clc1cccc(Cl)c1Nc1ccccc1.[Na]. The van der Waals surface area contributed by atoms with Crippen molar-refractivity contribution >= 4 is 70.1 Å². The van der Waals surface area contributed by atoms with Crippen LogP contribution in [0.3, 0.4) is 0 Å². The molecule has 2 aromatic carbocycles. The molecule has 0 amide bonds. The fourth-order valence-electron chi connectivity index (χ4n) is 1.28. The number of aliphatic carboxylic acids is 1. The minimum Gasteiger partial charge on any atom is -0.481 e. The van der Waals surface area contributed by atoms with E-state index in [2.05, 4.69) is 5.32 Å². The van der Waals surface area contributed by atoms with Crippen LogP contribution >= 0.6 is 23.2 Å². The molecule has 3 nitrogen and oxygen atoms in total. The number of para-hydroxylation sites is 2. The second-order valence-electron chi connectivity index (χ2n) is 3.61. The van der Waals surface area contributed by atoms with Crippen molar-refractivity contribution in [1.82, 2.24) is 0 Å². The topological polar surface area (TPSA) is 49.3 Å². The molecule has 2 aromatic rings. The Balaban J connectivity index is 0.000000644. The molecule has 0 aliphatic rings. The molecule has 0 aliphatic heterocycles. The number of rotatable bonds is 2. The average Bonchev–Trinajstić information content (AvgIpc) is 2.35. The van der Waals surface area contributed by atoms with Gasteiger partial charge in [0.1, 0.15) is 0 Å². The first kappa shape index (κ1) is 19.3. The summed E-state index contributed by atoms with van der Waals surface area (Å²) in [4.78, 5) is 9.00. The van der Waals surface area contributed by atoms with Gasteiger partial charge in [0, 0.05) is 42.2 Å². The van der Waals surface area contributed by atoms with Crippen LogP contribution in [0.2, 0.25) is 10.0 Å². The second-order valence-corrected chi connectivity index (χ2v) is 4.42. The van der Waals surface area contributed by atoms with Crippen LogP contribution in [0.15, 0.2) is 48.5 Å². The van der Waals surface area contributed by atoms with Crippen LogP contribution in [-0.2, 0) is 4.79 Å². The predicted octanol–water partition coefficient (Wildman–Crippen LogP) is 4.45. The molecular weight excluding hydrogens is 308 g/mol. The molecule has 0 fully saturated rings. The molecule has 0 aromatic heterocycles. The van der Waals surface area contributed by atoms with E-state index in [0.29, 0.717) is 10.0 Å². The first-order chi connectivity index (χ1) is 9.00. The second kappa shape index (κ2) is 10.1. The van der Waals surface area contributed by atoms with Crippen LogP contribution in [0.4, 0.5) is 11.4 Å². The van der Waals surface area contributed by atoms with Crippen molar-refractivity contribution in [3.8, 4) is 0 Å². The van der Waals surface area contributed by atoms with Crippen LogP contribution in [0, 0.1) is 0 Å². The van der Waals surface area contributed by atoms with E-state index in [-0.39, 0.29) is 29.6 Å². The van der Waals surface area contributed by atoms with Gasteiger partial charge in [-0.1, -0.05) is 47.5 Å². The fourth-order valence-corrected chi connectivity index (χ4v) is 1.77. The third-order valence-electron chi connectivity index (χ3n) is 2.01. The van der Waals surface area contributed by atoms with Crippen molar-refractivity contribution in [1.29, 1.82) is 0 Å². The van der Waals surface area contributed by atoms with Gasteiger partial charge >= 0.3 is 0 Å². The number of carbonyl (C=O) groups is 1. The summed E-state index contributed by atoms with van der Waals surface area (Å²) in [6, 6.07) is 15.2. The van der Waals surface area contributed by atoms with Gasteiger partial charge in [-0.25, -0.2) is 0 Å². The number of benzene rings is 2. The van der Waals surface area contributed by atoms with E-state index in [1.165, 1.54) is 0 Å². The summed E-state index contributed by atoms with van der Waals surface area (Å²) in [6.07, 6.45) is 0. The minimum absolute atomic E-state index is 0. The normalized spacial score (nSPS) is 8.75. The molecule has 0 saturated heterocycles. The third kappa shape index (κ3) is 7.17. The van der Waals surface area contributed by atoms with E-state index in [4.69, 9.17) is 33.1 Å². The standard InChI is InChI=1S/C12H9Cl2N.C2H4O2.Na/c13-10-7-4-8-11(14)12(10)15-9-5-2-1-3-6-9;1-2(3)4;/h1-8,15H;1H3,(H,3,4);. The molecule has 101 valence electrons. The summed E-state index contributed by atoms with van der Waals surface area (Å²) in [5, 5.41) is 11.8. The fraction of sp³-hybridized carbons (Fsp3) is 0.0714. The zero-order valence-corrected chi connectivity index (χ0v) is 14.7. The number of nitrogens with one attached hydrogen (secondary N) is 1. The Morgan fingerprint density at radius 3 is 1.90 bits per heavy atom. The van der Waals surface area contributed by atoms with Gasteiger partial charge in [-0.05, 0) is 24.3 Å². The molecular formula is C14H13Cl2NNaO2. The van der Waals surface area contributed by atoms with Gasteiger partial charge in [0.05, 0.1) is 15.7 Å². The van der Waals surface area contributed by atoms with Gasteiger partial charge in [0.15, 0.2) is 0 Å². The monoisotopic (exact) mass is 320 g/mol. The van der Waals surface area contributed by atoms with Crippen LogP contribution in [0.1, 0.15) is 6.92 Å². The maximum Gasteiger partial charge on any atom is 0.300 e. The van der Waals surface area contributed by atoms with E-state index in [1.807, 2.05) is 36.4 Å². The van der Waals surface area contributed by atoms with Crippen molar-refractivity contribution in [3.63, 3.8) is 0 Å². The van der Waals surface area contributed by atoms with Crippen molar-refractivity contribution in [2.45, 2.75) is 6.92 Å². The van der Waals surface area contributed by atoms with Crippen molar-refractivity contribution in [2.24, 2.45) is 0 Å². The van der Waals surface area contributed by atoms with E-state index in [0.717, 1.165) is 18.3 Å². The van der Waals surface area contributed by atoms with Gasteiger partial charge in [-0.3, -0.25) is 4.79 Å². The largest absolute Gasteiger partial charge is 0.481 e. The number of hydrogen-bond acceptors (Lipinski definition) is 2. The van der Waals surface area contributed by atoms with Gasteiger partial charge < -0.3 is 10.4 Å². The summed E-state index contributed by atoms with van der Waals surface area (Å²) in [6.45, 7) is 1.08. The third-order valence-corrected chi connectivity index (χ3v) is 2.64. The molecule has 2 N–H and O–H groups in total. The Morgan fingerprint density at radius 1 is 1.00 bits per heavy atom. The van der Waals surface area contributed by atoms with Crippen LogP contribution in [0.25, 0.3) is 0 Å². The Hall–Kier alpha value is -0.710. The van der Waals surface area contributed by atoms with Crippen molar-refractivity contribution in [3.05, 3.63) is 58.6 Å². The van der Waals surface area contributed by atoms with Crippen LogP contribution < -0.4 is 5.32 Å². The summed E-state index contributed by atoms with van der Waals surface area (Å²) < 4.78 is 0. The molecule has 0 saturated carbocycles. The first-order valence-electron chi connectivity index (χ1n) is 5.46. The Morgan fingerprint density at radius 2 is 1.45 bits per heavy atom. The number of halogens is 2. The number of anilines is 2. The van der Waals surface area contributed by atoms with E-state index >= 15 is 0 Å². The average molecular weight is 321 g/mol.